The van der Waals surface area contributed by atoms with E-state index in [-0.39, 0.29) is 18.3 Å². The first-order valence-corrected chi connectivity index (χ1v) is 6.73. The summed E-state index contributed by atoms with van der Waals surface area (Å²) < 4.78 is 18.8. The van der Waals surface area contributed by atoms with Crippen molar-refractivity contribution in [2.45, 2.75) is 13.0 Å². The van der Waals surface area contributed by atoms with Gasteiger partial charge in [-0.25, -0.2) is 4.39 Å². The molecule has 4 nitrogen and oxygen atoms in total. The number of hydrogen-bond acceptors (Lipinski definition) is 3. The Kier molecular flexibility index (Phi) is 3.58. The fourth-order valence-electron chi connectivity index (χ4n) is 2.34. The average molecular weight is 286 g/mol. The molecule has 3 N–H and O–H groups in total. The minimum atomic E-state index is -0.370. The van der Waals surface area contributed by atoms with E-state index in [0.717, 1.165) is 17.7 Å². The summed E-state index contributed by atoms with van der Waals surface area (Å²) in [4.78, 5) is 12.2. The van der Waals surface area contributed by atoms with Crippen LogP contribution >= 0.6 is 0 Å². The van der Waals surface area contributed by atoms with Crippen molar-refractivity contribution in [2.75, 3.05) is 11.9 Å². The first kappa shape index (κ1) is 13.6. The third-order valence-electron chi connectivity index (χ3n) is 3.48. The third-order valence-corrected chi connectivity index (χ3v) is 3.48. The van der Waals surface area contributed by atoms with Gasteiger partial charge in [-0.15, -0.1) is 0 Å². The van der Waals surface area contributed by atoms with Gasteiger partial charge in [0.15, 0.2) is 0 Å². The van der Waals surface area contributed by atoms with Gasteiger partial charge in [-0.05, 0) is 42.0 Å². The van der Waals surface area contributed by atoms with Gasteiger partial charge in [0.1, 0.15) is 11.6 Å². The van der Waals surface area contributed by atoms with Crippen LogP contribution in [0.2, 0.25) is 0 Å². The van der Waals surface area contributed by atoms with Crippen LogP contribution in [0.15, 0.2) is 36.4 Å². The predicted molar refractivity (Wildman–Crippen MR) is 77.9 cm³/mol. The van der Waals surface area contributed by atoms with Crippen LogP contribution in [-0.4, -0.2) is 12.5 Å². The fourth-order valence-corrected chi connectivity index (χ4v) is 2.34. The van der Waals surface area contributed by atoms with E-state index in [4.69, 9.17) is 10.5 Å². The molecule has 0 aromatic heterocycles. The van der Waals surface area contributed by atoms with Crippen LogP contribution in [-0.2, 0) is 13.0 Å². The SMILES string of the molecule is NCc1cc(NC(=O)c2ccc3c(c2)CCO3)ccc1F. The summed E-state index contributed by atoms with van der Waals surface area (Å²) in [5, 5.41) is 2.75. The molecule has 0 atom stereocenters. The Morgan fingerprint density at radius 2 is 2.14 bits per heavy atom. The average Bonchev–Trinajstić information content (AvgIpc) is 2.96. The van der Waals surface area contributed by atoms with Gasteiger partial charge >= 0.3 is 0 Å². The van der Waals surface area contributed by atoms with E-state index in [1.165, 1.54) is 12.1 Å². The third kappa shape index (κ3) is 2.73. The number of benzene rings is 2. The second-order valence-electron chi connectivity index (χ2n) is 4.89. The van der Waals surface area contributed by atoms with Gasteiger partial charge < -0.3 is 15.8 Å². The molecule has 3 rings (SSSR count). The maximum Gasteiger partial charge on any atom is 0.255 e. The van der Waals surface area contributed by atoms with Crippen molar-refractivity contribution in [1.29, 1.82) is 0 Å². The minimum absolute atomic E-state index is 0.0890. The molecule has 1 amide bonds. The largest absolute Gasteiger partial charge is 0.493 e. The van der Waals surface area contributed by atoms with Crippen LogP contribution in [0.5, 0.6) is 5.75 Å². The summed E-state index contributed by atoms with van der Waals surface area (Å²) in [6.07, 6.45) is 0.810. The number of fused-ring (bicyclic) bond motifs is 1. The molecule has 108 valence electrons. The van der Waals surface area contributed by atoms with Crippen molar-refractivity contribution in [2.24, 2.45) is 5.73 Å². The molecule has 2 aromatic rings. The molecule has 2 aromatic carbocycles. The predicted octanol–water partition coefficient (Wildman–Crippen LogP) is 2.47. The van der Waals surface area contributed by atoms with E-state index in [1.54, 1.807) is 18.2 Å². The maximum atomic E-state index is 13.4. The number of hydrogen-bond donors (Lipinski definition) is 2. The number of amides is 1. The van der Waals surface area contributed by atoms with Gasteiger partial charge in [0.25, 0.3) is 5.91 Å². The Hall–Kier alpha value is -2.40. The summed E-state index contributed by atoms with van der Waals surface area (Å²) in [6, 6.07) is 9.70. The number of halogens is 1. The van der Waals surface area contributed by atoms with Gasteiger partial charge in [-0.2, -0.15) is 0 Å². The molecule has 0 bridgehead atoms. The highest BCUT2D eigenvalue weighted by atomic mass is 19.1. The van der Waals surface area contributed by atoms with E-state index in [1.807, 2.05) is 6.07 Å². The standard InChI is InChI=1S/C16H15FN2O2/c17-14-3-2-13(8-12(14)9-18)19-16(20)11-1-4-15-10(7-11)5-6-21-15/h1-4,7-8H,5-6,9,18H2,(H,19,20). The smallest absolute Gasteiger partial charge is 0.255 e. The number of carbonyl (C=O) groups excluding carboxylic acids is 1. The van der Waals surface area contributed by atoms with E-state index in [0.29, 0.717) is 23.4 Å². The Morgan fingerprint density at radius 1 is 1.29 bits per heavy atom. The topological polar surface area (TPSA) is 64.3 Å². The molecule has 21 heavy (non-hydrogen) atoms. The summed E-state index contributed by atoms with van der Waals surface area (Å²) >= 11 is 0. The van der Waals surface area contributed by atoms with Crippen molar-refractivity contribution in [3.8, 4) is 5.75 Å². The highest BCUT2D eigenvalue weighted by Crippen LogP contribution is 2.26. The summed E-state index contributed by atoms with van der Waals surface area (Å²) in [5.74, 6) is 0.225. The molecule has 1 aliphatic rings. The molecule has 1 aliphatic heterocycles. The number of rotatable bonds is 3. The lowest BCUT2D eigenvalue weighted by Gasteiger charge is -2.08. The number of anilines is 1. The van der Waals surface area contributed by atoms with Gasteiger partial charge in [0.05, 0.1) is 6.61 Å². The first-order valence-electron chi connectivity index (χ1n) is 6.73. The van der Waals surface area contributed by atoms with Crippen molar-refractivity contribution < 1.29 is 13.9 Å². The quantitative estimate of drug-likeness (QED) is 0.911. The highest BCUT2D eigenvalue weighted by molar-refractivity contribution is 6.04. The summed E-state index contributed by atoms with van der Waals surface area (Å²) in [5.41, 5.74) is 7.94. The molecule has 0 spiro atoms. The Bertz CT molecular complexity index is 701. The number of carbonyl (C=O) groups is 1. The molecule has 0 saturated carbocycles. The second-order valence-corrected chi connectivity index (χ2v) is 4.89. The van der Waals surface area contributed by atoms with Gasteiger partial charge in [0, 0.05) is 29.8 Å². The normalized spacial score (nSPS) is 12.7. The van der Waals surface area contributed by atoms with Crippen LogP contribution in [0, 0.1) is 5.82 Å². The Labute approximate surface area is 121 Å². The summed E-state index contributed by atoms with van der Waals surface area (Å²) in [7, 11) is 0. The lowest BCUT2D eigenvalue weighted by molar-refractivity contribution is 0.102. The zero-order valence-corrected chi connectivity index (χ0v) is 11.4. The molecule has 0 radical (unpaired) electrons. The zero-order valence-electron chi connectivity index (χ0n) is 11.4. The molecule has 5 heteroatoms. The van der Waals surface area contributed by atoms with Crippen LogP contribution in [0.3, 0.4) is 0 Å². The monoisotopic (exact) mass is 286 g/mol. The van der Waals surface area contributed by atoms with Crippen LogP contribution in [0.1, 0.15) is 21.5 Å². The first-order chi connectivity index (χ1) is 10.2. The fraction of sp³-hybridized carbons (Fsp3) is 0.188. The van der Waals surface area contributed by atoms with Crippen LogP contribution in [0.25, 0.3) is 0 Å². The van der Waals surface area contributed by atoms with E-state index in [9.17, 15) is 9.18 Å². The molecule has 0 unspecified atom stereocenters. The van der Waals surface area contributed by atoms with E-state index >= 15 is 0 Å². The second kappa shape index (κ2) is 5.54. The lowest BCUT2D eigenvalue weighted by atomic mass is 10.1. The molecule has 0 saturated heterocycles. The van der Waals surface area contributed by atoms with Crippen molar-refractivity contribution in [3.05, 3.63) is 58.9 Å². The number of ether oxygens (including phenoxy) is 1. The van der Waals surface area contributed by atoms with Crippen molar-refractivity contribution in [1.82, 2.24) is 0 Å². The van der Waals surface area contributed by atoms with Crippen molar-refractivity contribution in [3.63, 3.8) is 0 Å². The van der Waals surface area contributed by atoms with Gasteiger partial charge in [-0.1, -0.05) is 0 Å². The molecule has 0 aliphatic carbocycles. The van der Waals surface area contributed by atoms with Crippen molar-refractivity contribution >= 4 is 11.6 Å². The van der Waals surface area contributed by atoms with Crippen LogP contribution < -0.4 is 15.8 Å². The maximum absolute atomic E-state index is 13.4. The summed E-state index contributed by atoms with van der Waals surface area (Å²) in [6.45, 7) is 0.740. The van der Waals surface area contributed by atoms with E-state index in [2.05, 4.69) is 5.32 Å². The van der Waals surface area contributed by atoms with E-state index < -0.39 is 0 Å². The number of nitrogens with one attached hydrogen (secondary N) is 1. The highest BCUT2D eigenvalue weighted by Gasteiger charge is 2.15. The van der Waals surface area contributed by atoms with Crippen LogP contribution in [0.4, 0.5) is 10.1 Å². The van der Waals surface area contributed by atoms with Gasteiger partial charge in [-0.3, -0.25) is 4.79 Å². The van der Waals surface area contributed by atoms with Gasteiger partial charge in [0.2, 0.25) is 0 Å². The molecular weight excluding hydrogens is 271 g/mol. The Morgan fingerprint density at radius 3 is 2.95 bits per heavy atom. The lowest BCUT2D eigenvalue weighted by Crippen LogP contribution is -2.13. The number of nitrogens with two attached hydrogens (primary N) is 1. The molecule has 1 heterocycles. The molecule has 0 fully saturated rings. The zero-order chi connectivity index (χ0) is 14.8. The minimum Gasteiger partial charge on any atom is -0.493 e. The Balaban J connectivity index is 1.80. The molecular formula is C16H15FN2O2.